The van der Waals surface area contributed by atoms with Crippen LogP contribution in [0.15, 0.2) is 59.4 Å². The fourth-order valence-corrected chi connectivity index (χ4v) is 3.07. The van der Waals surface area contributed by atoms with Crippen LogP contribution in [0, 0.1) is 12.7 Å². The standard InChI is InChI=1S/C21H19FN6O3/c1-13-10-18-26-27(12-19(29)24-15-8-9-17(31-2)16(22)11-15)21(30)28(18)20(23-13)25-14-6-4-3-5-7-14/h3-11H,12H2,1-2H3,(H,23,25)(H,24,29). The molecule has 0 saturated heterocycles. The summed E-state index contributed by atoms with van der Waals surface area (Å²) in [5.74, 6) is -0.785. The molecular formula is C21H19FN6O3. The van der Waals surface area contributed by atoms with Crippen molar-refractivity contribution in [3.63, 3.8) is 0 Å². The van der Waals surface area contributed by atoms with Crippen molar-refractivity contribution in [3.05, 3.63) is 76.6 Å². The Kier molecular flexibility index (Phi) is 5.35. The fourth-order valence-electron chi connectivity index (χ4n) is 3.07. The predicted molar refractivity (Wildman–Crippen MR) is 113 cm³/mol. The zero-order valence-corrected chi connectivity index (χ0v) is 16.8. The molecule has 0 radical (unpaired) electrons. The summed E-state index contributed by atoms with van der Waals surface area (Å²) in [6.07, 6.45) is 0. The predicted octanol–water partition coefficient (Wildman–Crippen LogP) is 2.73. The van der Waals surface area contributed by atoms with E-state index in [0.29, 0.717) is 11.3 Å². The maximum atomic E-state index is 13.8. The van der Waals surface area contributed by atoms with Crippen LogP contribution in [0.1, 0.15) is 5.69 Å². The van der Waals surface area contributed by atoms with Gasteiger partial charge >= 0.3 is 5.69 Å². The molecule has 0 aliphatic rings. The van der Waals surface area contributed by atoms with Gasteiger partial charge in [-0.25, -0.2) is 23.3 Å². The highest BCUT2D eigenvalue weighted by Gasteiger charge is 2.16. The Hall–Kier alpha value is -4.21. The molecule has 2 aromatic carbocycles. The maximum Gasteiger partial charge on any atom is 0.353 e. The molecule has 1 amide bonds. The van der Waals surface area contributed by atoms with Crippen LogP contribution in [0.4, 0.5) is 21.7 Å². The second-order valence-electron chi connectivity index (χ2n) is 6.74. The summed E-state index contributed by atoms with van der Waals surface area (Å²) >= 11 is 0. The van der Waals surface area contributed by atoms with Crippen LogP contribution < -0.4 is 21.1 Å². The second kappa shape index (κ2) is 8.27. The van der Waals surface area contributed by atoms with Crippen molar-refractivity contribution in [2.75, 3.05) is 17.7 Å². The van der Waals surface area contributed by atoms with Gasteiger partial charge in [-0.2, -0.15) is 0 Å². The molecule has 2 N–H and O–H groups in total. The fraction of sp³-hybridized carbons (Fsp3) is 0.143. The Morgan fingerprint density at radius 1 is 1.13 bits per heavy atom. The van der Waals surface area contributed by atoms with Crippen LogP contribution in [-0.2, 0) is 11.3 Å². The van der Waals surface area contributed by atoms with Gasteiger partial charge in [0.25, 0.3) is 0 Å². The summed E-state index contributed by atoms with van der Waals surface area (Å²) in [6.45, 7) is 1.43. The quantitative estimate of drug-likeness (QED) is 0.495. The number of benzene rings is 2. The molecule has 0 aliphatic carbocycles. The highest BCUT2D eigenvalue weighted by atomic mass is 19.1. The molecule has 158 valence electrons. The normalized spacial score (nSPS) is 10.8. The minimum Gasteiger partial charge on any atom is -0.494 e. The number of hydrogen-bond acceptors (Lipinski definition) is 6. The molecule has 0 fully saturated rings. The van der Waals surface area contributed by atoms with Crippen LogP contribution in [0.2, 0.25) is 0 Å². The number of aryl methyl sites for hydroxylation is 1. The third-order valence-electron chi connectivity index (χ3n) is 4.46. The van der Waals surface area contributed by atoms with E-state index in [1.165, 1.54) is 23.6 Å². The Bertz CT molecular complexity index is 1320. The topological polar surface area (TPSA) is 103 Å². The number of para-hydroxylation sites is 1. The van der Waals surface area contributed by atoms with Crippen molar-refractivity contribution >= 4 is 28.9 Å². The number of anilines is 3. The van der Waals surface area contributed by atoms with Crippen LogP contribution in [0.25, 0.3) is 5.65 Å². The van der Waals surface area contributed by atoms with E-state index in [1.807, 2.05) is 30.3 Å². The van der Waals surface area contributed by atoms with Gasteiger partial charge in [-0.3, -0.25) is 4.79 Å². The van der Waals surface area contributed by atoms with Crippen molar-refractivity contribution < 1.29 is 13.9 Å². The monoisotopic (exact) mass is 422 g/mol. The van der Waals surface area contributed by atoms with E-state index in [1.54, 1.807) is 13.0 Å². The SMILES string of the molecule is COc1ccc(NC(=O)Cn2nc3cc(C)nc(Nc4ccccc4)n3c2=O)cc1F. The molecule has 2 heterocycles. The summed E-state index contributed by atoms with van der Waals surface area (Å²) < 4.78 is 21.0. The number of fused-ring (bicyclic) bond motifs is 1. The first-order chi connectivity index (χ1) is 14.9. The Morgan fingerprint density at radius 3 is 2.61 bits per heavy atom. The Labute approximate surface area is 176 Å². The number of rotatable bonds is 6. The number of carbonyl (C=O) groups excluding carboxylic acids is 1. The minimum absolute atomic E-state index is 0.0656. The lowest BCUT2D eigenvalue weighted by molar-refractivity contribution is -0.117. The van der Waals surface area contributed by atoms with Crippen molar-refractivity contribution in [3.8, 4) is 5.75 Å². The molecule has 4 aromatic rings. The van der Waals surface area contributed by atoms with Crippen LogP contribution in [0.3, 0.4) is 0 Å². The number of ether oxygens (including phenoxy) is 1. The number of carbonyl (C=O) groups is 1. The molecule has 2 aromatic heterocycles. The smallest absolute Gasteiger partial charge is 0.353 e. The van der Waals surface area contributed by atoms with Gasteiger partial charge in [0.05, 0.1) is 7.11 Å². The van der Waals surface area contributed by atoms with Gasteiger partial charge in [-0.1, -0.05) is 18.2 Å². The lowest BCUT2D eigenvalue weighted by atomic mass is 10.3. The highest BCUT2D eigenvalue weighted by Crippen LogP contribution is 2.20. The molecule has 0 saturated carbocycles. The molecular weight excluding hydrogens is 403 g/mol. The first-order valence-electron chi connectivity index (χ1n) is 9.37. The second-order valence-corrected chi connectivity index (χ2v) is 6.74. The summed E-state index contributed by atoms with van der Waals surface area (Å²) in [6, 6.07) is 15.0. The molecule has 4 rings (SSSR count). The van der Waals surface area contributed by atoms with E-state index in [9.17, 15) is 14.0 Å². The van der Waals surface area contributed by atoms with Gasteiger partial charge in [-0.05, 0) is 31.2 Å². The van der Waals surface area contributed by atoms with Crippen molar-refractivity contribution in [2.24, 2.45) is 0 Å². The summed E-state index contributed by atoms with van der Waals surface area (Å²) in [4.78, 5) is 29.7. The Morgan fingerprint density at radius 2 is 1.90 bits per heavy atom. The zero-order chi connectivity index (χ0) is 22.0. The number of amides is 1. The highest BCUT2D eigenvalue weighted by molar-refractivity contribution is 5.90. The molecule has 0 bridgehead atoms. The van der Waals surface area contributed by atoms with E-state index in [4.69, 9.17) is 4.74 Å². The van der Waals surface area contributed by atoms with E-state index in [2.05, 4.69) is 20.7 Å². The summed E-state index contributed by atoms with van der Waals surface area (Å²) in [7, 11) is 1.35. The average Bonchev–Trinajstić information content (AvgIpc) is 3.03. The number of halogens is 1. The van der Waals surface area contributed by atoms with E-state index in [-0.39, 0.29) is 23.9 Å². The Balaban J connectivity index is 1.60. The third kappa shape index (κ3) is 4.22. The van der Waals surface area contributed by atoms with Crippen molar-refractivity contribution in [1.29, 1.82) is 0 Å². The first kappa shape index (κ1) is 20.1. The molecule has 9 nitrogen and oxygen atoms in total. The van der Waals surface area contributed by atoms with E-state index < -0.39 is 17.4 Å². The van der Waals surface area contributed by atoms with Crippen LogP contribution in [-0.4, -0.2) is 32.2 Å². The van der Waals surface area contributed by atoms with Gasteiger partial charge in [0, 0.05) is 29.2 Å². The van der Waals surface area contributed by atoms with E-state index >= 15 is 0 Å². The summed E-state index contributed by atoms with van der Waals surface area (Å²) in [5, 5.41) is 9.88. The van der Waals surface area contributed by atoms with Crippen LogP contribution >= 0.6 is 0 Å². The van der Waals surface area contributed by atoms with Gasteiger partial charge < -0.3 is 15.4 Å². The third-order valence-corrected chi connectivity index (χ3v) is 4.46. The van der Waals surface area contributed by atoms with Gasteiger partial charge in [-0.15, -0.1) is 5.10 Å². The van der Waals surface area contributed by atoms with Gasteiger partial charge in [0.15, 0.2) is 17.2 Å². The lowest BCUT2D eigenvalue weighted by Gasteiger charge is -2.07. The van der Waals surface area contributed by atoms with E-state index in [0.717, 1.165) is 16.4 Å². The molecule has 0 aliphatic heterocycles. The number of nitrogens with zero attached hydrogens (tertiary/aromatic N) is 4. The molecule has 10 heteroatoms. The number of hydrogen-bond donors (Lipinski definition) is 2. The van der Waals surface area contributed by atoms with Gasteiger partial charge in [0.2, 0.25) is 11.9 Å². The maximum absolute atomic E-state index is 13.8. The van der Waals surface area contributed by atoms with Crippen LogP contribution in [0.5, 0.6) is 5.75 Å². The number of nitrogens with one attached hydrogen (secondary N) is 2. The van der Waals surface area contributed by atoms with Crippen molar-refractivity contribution in [1.82, 2.24) is 19.2 Å². The summed E-state index contributed by atoms with van der Waals surface area (Å²) in [5.41, 5.74) is 1.46. The lowest BCUT2D eigenvalue weighted by Crippen LogP contribution is -2.29. The first-order valence-corrected chi connectivity index (χ1v) is 9.37. The van der Waals surface area contributed by atoms with Gasteiger partial charge in [0.1, 0.15) is 6.54 Å². The number of methoxy groups -OCH3 is 1. The zero-order valence-electron chi connectivity index (χ0n) is 16.8. The average molecular weight is 422 g/mol. The molecule has 0 unspecified atom stereocenters. The minimum atomic E-state index is -0.608. The molecule has 0 spiro atoms. The molecule has 31 heavy (non-hydrogen) atoms. The molecule has 0 atom stereocenters. The van der Waals surface area contributed by atoms with Crippen molar-refractivity contribution in [2.45, 2.75) is 13.5 Å². The largest absolute Gasteiger partial charge is 0.494 e. The number of aromatic nitrogens is 4.